The molecule has 0 aromatic carbocycles. The van der Waals surface area contributed by atoms with E-state index in [0.29, 0.717) is 0 Å². The Morgan fingerprint density at radius 2 is 2.50 bits per heavy atom. The average Bonchev–Trinajstić information content (AvgIpc) is 2.39. The van der Waals surface area contributed by atoms with Gasteiger partial charge in [0.2, 0.25) is 5.71 Å². The largest absolute Gasteiger partial charge is 0.427 e. The Balaban J connectivity index is 2.98. The normalized spacial score (nSPS) is 10.9. The maximum absolute atomic E-state index is 5.12. The lowest BCUT2D eigenvalue weighted by Gasteiger charge is -1.84. The Morgan fingerprint density at radius 3 is 3.20 bits per heavy atom. The molecule has 0 amide bonds. The molecular weight excluding hydrogens is 127 g/mol. The van der Waals surface area contributed by atoms with Crippen LogP contribution in [0.1, 0.15) is 0 Å². The maximum atomic E-state index is 5.12. The standard InChI is InChI=1S/C6H7BN2O/c1-9-2-4(7)5-6(9)10-3-8-5/h2-3H,7H2,1H3. The summed E-state index contributed by atoms with van der Waals surface area (Å²) in [5.41, 5.74) is 2.96. The van der Waals surface area contributed by atoms with Crippen molar-refractivity contribution in [3.8, 4) is 0 Å². The second kappa shape index (κ2) is 1.65. The number of nitrogens with zero attached hydrogens (tertiary/aromatic N) is 2. The second-order valence-corrected chi connectivity index (χ2v) is 2.43. The molecule has 4 heteroatoms. The summed E-state index contributed by atoms with van der Waals surface area (Å²) in [7, 11) is 3.96. The number of oxazole rings is 1. The van der Waals surface area contributed by atoms with Gasteiger partial charge in [-0.1, -0.05) is 0 Å². The topological polar surface area (TPSA) is 31.0 Å². The third-order valence-electron chi connectivity index (χ3n) is 1.63. The van der Waals surface area contributed by atoms with Crippen molar-refractivity contribution in [1.29, 1.82) is 0 Å². The molecule has 50 valence electrons. The first-order valence-corrected chi connectivity index (χ1v) is 3.14. The molecule has 2 heterocycles. The quantitative estimate of drug-likeness (QED) is 0.451. The van der Waals surface area contributed by atoms with E-state index in [0.717, 1.165) is 16.7 Å². The van der Waals surface area contributed by atoms with Gasteiger partial charge in [-0.3, -0.25) is 0 Å². The summed E-state index contributed by atoms with van der Waals surface area (Å²) in [6.07, 6.45) is 3.47. The molecule has 0 atom stereocenters. The Bertz CT molecular complexity index is 331. The van der Waals surface area contributed by atoms with Crippen LogP contribution in [0.3, 0.4) is 0 Å². The number of rotatable bonds is 0. The van der Waals surface area contributed by atoms with Crippen molar-refractivity contribution in [2.45, 2.75) is 0 Å². The summed E-state index contributed by atoms with van der Waals surface area (Å²) in [5.74, 6) is 0. The highest BCUT2D eigenvalue weighted by atomic mass is 16.3. The monoisotopic (exact) mass is 134 g/mol. The SMILES string of the molecule is Bc1cn(C)c2ocnc12. The minimum absolute atomic E-state index is 0.845. The average molecular weight is 134 g/mol. The van der Waals surface area contributed by atoms with Crippen LogP contribution in [-0.4, -0.2) is 17.4 Å². The Morgan fingerprint density at radius 1 is 1.70 bits per heavy atom. The molecule has 10 heavy (non-hydrogen) atoms. The van der Waals surface area contributed by atoms with Crippen molar-refractivity contribution in [1.82, 2.24) is 9.55 Å². The van der Waals surface area contributed by atoms with Gasteiger partial charge in [-0.25, -0.2) is 4.98 Å². The van der Waals surface area contributed by atoms with Crippen molar-refractivity contribution in [2.75, 3.05) is 0 Å². The van der Waals surface area contributed by atoms with Crippen LogP contribution in [-0.2, 0) is 7.05 Å². The van der Waals surface area contributed by atoms with Crippen molar-refractivity contribution in [2.24, 2.45) is 7.05 Å². The first-order valence-electron chi connectivity index (χ1n) is 3.14. The molecule has 0 spiro atoms. The van der Waals surface area contributed by atoms with Crippen molar-refractivity contribution in [3.05, 3.63) is 12.6 Å². The zero-order valence-corrected chi connectivity index (χ0v) is 5.96. The summed E-state index contributed by atoms with van der Waals surface area (Å²) in [6, 6.07) is 0. The third kappa shape index (κ3) is 0.532. The molecule has 0 saturated carbocycles. The van der Waals surface area contributed by atoms with E-state index < -0.39 is 0 Å². The Kier molecular flexibility index (Phi) is 0.924. The van der Waals surface area contributed by atoms with Crippen LogP contribution in [0.25, 0.3) is 11.2 Å². The number of aryl methyl sites for hydroxylation is 1. The van der Waals surface area contributed by atoms with Gasteiger partial charge < -0.3 is 8.98 Å². The maximum Gasteiger partial charge on any atom is 0.226 e. The third-order valence-corrected chi connectivity index (χ3v) is 1.63. The highest BCUT2D eigenvalue weighted by Gasteiger charge is 2.04. The van der Waals surface area contributed by atoms with E-state index in [4.69, 9.17) is 4.42 Å². The van der Waals surface area contributed by atoms with Gasteiger partial charge in [0.25, 0.3) is 0 Å². The van der Waals surface area contributed by atoms with Gasteiger partial charge in [0, 0.05) is 13.2 Å². The Hall–Kier alpha value is -1.19. The first-order chi connectivity index (χ1) is 4.79. The van der Waals surface area contributed by atoms with Gasteiger partial charge in [-0.2, -0.15) is 0 Å². The summed E-state index contributed by atoms with van der Waals surface area (Å²) >= 11 is 0. The number of hydrogen-bond donors (Lipinski definition) is 0. The zero-order chi connectivity index (χ0) is 7.14. The zero-order valence-electron chi connectivity index (χ0n) is 5.96. The fourth-order valence-electron chi connectivity index (χ4n) is 1.17. The summed E-state index contributed by atoms with van der Waals surface area (Å²) in [4.78, 5) is 4.05. The van der Waals surface area contributed by atoms with Crippen molar-refractivity contribution in [3.63, 3.8) is 0 Å². The number of hydrogen-bond acceptors (Lipinski definition) is 2. The molecule has 0 aliphatic carbocycles. The molecule has 0 bridgehead atoms. The van der Waals surface area contributed by atoms with Crippen LogP contribution in [0.15, 0.2) is 17.0 Å². The van der Waals surface area contributed by atoms with Crippen molar-refractivity contribution >= 4 is 24.5 Å². The molecule has 0 aliphatic heterocycles. The van der Waals surface area contributed by atoms with Gasteiger partial charge in [-0.05, 0) is 5.46 Å². The summed E-state index contributed by atoms with van der Waals surface area (Å²) < 4.78 is 7.05. The summed E-state index contributed by atoms with van der Waals surface area (Å²) in [5, 5.41) is 0. The van der Waals surface area contributed by atoms with Crippen LogP contribution >= 0.6 is 0 Å². The lowest BCUT2D eigenvalue weighted by atomic mass is 10.00. The van der Waals surface area contributed by atoms with Crippen LogP contribution in [0, 0.1) is 0 Å². The van der Waals surface area contributed by atoms with Gasteiger partial charge in [0.1, 0.15) is 13.4 Å². The van der Waals surface area contributed by atoms with Crippen LogP contribution < -0.4 is 5.46 Å². The van der Waals surface area contributed by atoms with Crippen LogP contribution in [0.2, 0.25) is 0 Å². The van der Waals surface area contributed by atoms with E-state index in [1.165, 1.54) is 6.39 Å². The summed E-state index contributed by atoms with van der Waals surface area (Å²) in [6.45, 7) is 0. The molecule has 0 N–H and O–H groups in total. The van der Waals surface area contributed by atoms with Gasteiger partial charge >= 0.3 is 0 Å². The minimum Gasteiger partial charge on any atom is -0.427 e. The highest BCUT2D eigenvalue weighted by Crippen LogP contribution is 2.07. The molecule has 2 rings (SSSR count). The lowest BCUT2D eigenvalue weighted by Crippen LogP contribution is -1.98. The van der Waals surface area contributed by atoms with Crippen LogP contribution in [0.4, 0.5) is 0 Å². The van der Waals surface area contributed by atoms with E-state index in [2.05, 4.69) is 4.98 Å². The van der Waals surface area contributed by atoms with E-state index in [1.54, 1.807) is 0 Å². The second-order valence-electron chi connectivity index (χ2n) is 2.43. The molecule has 0 saturated heterocycles. The number of fused-ring (bicyclic) bond motifs is 1. The molecule has 0 fully saturated rings. The molecule has 3 nitrogen and oxygen atoms in total. The van der Waals surface area contributed by atoms with Gasteiger partial charge in [0.15, 0.2) is 6.39 Å². The van der Waals surface area contributed by atoms with Crippen LogP contribution in [0.5, 0.6) is 0 Å². The molecule has 0 aliphatic rings. The molecule has 2 aromatic heterocycles. The van der Waals surface area contributed by atoms with E-state index in [9.17, 15) is 0 Å². The highest BCUT2D eigenvalue weighted by molar-refractivity contribution is 6.38. The predicted molar refractivity (Wildman–Crippen MR) is 41.2 cm³/mol. The van der Waals surface area contributed by atoms with E-state index >= 15 is 0 Å². The Labute approximate surface area is 59.1 Å². The smallest absolute Gasteiger partial charge is 0.226 e. The fourth-order valence-corrected chi connectivity index (χ4v) is 1.17. The number of aromatic nitrogens is 2. The van der Waals surface area contributed by atoms with E-state index in [1.807, 2.05) is 25.7 Å². The molecular formula is C6H7BN2O. The van der Waals surface area contributed by atoms with Crippen molar-refractivity contribution < 1.29 is 4.42 Å². The first kappa shape index (κ1) is 5.59. The van der Waals surface area contributed by atoms with E-state index in [-0.39, 0.29) is 0 Å². The molecule has 2 aromatic rings. The van der Waals surface area contributed by atoms with Gasteiger partial charge in [0.05, 0.1) is 0 Å². The van der Waals surface area contributed by atoms with Gasteiger partial charge in [-0.15, -0.1) is 0 Å². The molecule has 0 unspecified atom stereocenters. The molecule has 0 radical (unpaired) electrons. The minimum atomic E-state index is 0.845. The lowest BCUT2D eigenvalue weighted by molar-refractivity contribution is 0.573. The fraction of sp³-hybridized carbons (Fsp3) is 0.167. The predicted octanol–water partition coefficient (Wildman–Crippen LogP) is -0.575.